The van der Waals surface area contributed by atoms with Gasteiger partial charge in [-0.3, -0.25) is 10.1 Å². The molecule has 2 rings (SSSR count). The van der Waals surface area contributed by atoms with Crippen molar-refractivity contribution < 1.29 is 14.3 Å². The Labute approximate surface area is 192 Å². The molecule has 0 aromatic heterocycles. The van der Waals surface area contributed by atoms with Crippen LogP contribution in [0.25, 0.3) is 0 Å². The van der Waals surface area contributed by atoms with E-state index in [4.69, 9.17) is 4.74 Å². The fourth-order valence-corrected chi connectivity index (χ4v) is 3.54. The van der Waals surface area contributed by atoms with Crippen molar-refractivity contribution in [2.45, 2.75) is 77.6 Å². The number of hydrogen-bond donors (Lipinski definition) is 2. The molecule has 174 valence electrons. The third-order valence-corrected chi connectivity index (χ3v) is 5.41. The summed E-state index contributed by atoms with van der Waals surface area (Å²) in [7, 11) is 0. The third-order valence-electron chi connectivity index (χ3n) is 5.41. The minimum atomic E-state index is -0.565. The van der Waals surface area contributed by atoms with E-state index in [9.17, 15) is 9.59 Å². The Morgan fingerprint density at radius 3 is 1.88 bits per heavy atom. The maximum absolute atomic E-state index is 12.3. The minimum Gasteiger partial charge on any atom is -0.410 e. The lowest BCUT2D eigenvalue weighted by Gasteiger charge is -2.08. The number of anilines is 1. The second-order valence-electron chi connectivity index (χ2n) is 8.20. The molecule has 0 fully saturated rings. The van der Waals surface area contributed by atoms with Crippen molar-refractivity contribution in [1.82, 2.24) is 5.32 Å². The quantitative estimate of drug-likeness (QED) is 0.286. The monoisotopic (exact) mass is 438 g/mol. The smallest absolute Gasteiger partial charge is 0.410 e. The van der Waals surface area contributed by atoms with Gasteiger partial charge in [0, 0.05) is 17.8 Å². The van der Waals surface area contributed by atoms with Crippen LogP contribution < -0.4 is 15.4 Å². The van der Waals surface area contributed by atoms with Gasteiger partial charge in [0.05, 0.1) is 0 Å². The zero-order valence-corrected chi connectivity index (χ0v) is 19.4. The summed E-state index contributed by atoms with van der Waals surface area (Å²) in [6.07, 6.45) is 13.6. The Morgan fingerprint density at radius 1 is 0.719 bits per heavy atom. The number of para-hydroxylation sites is 1. The first-order chi connectivity index (χ1) is 15.7. The van der Waals surface area contributed by atoms with Crippen LogP contribution in [-0.4, -0.2) is 18.5 Å². The number of unbranched alkanes of at least 4 members (excludes halogenated alkanes) is 10. The SMILES string of the molecule is CCCCCCCCCCCCCNC(=O)c1ccc(NC(=O)Oc2ccccc2)cc1. The summed E-state index contributed by atoms with van der Waals surface area (Å²) >= 11 is 0. The lowest BCUT2D eigenvalue weighted by molar-refractivity contribution is 0.0953. The van der Waals surface area contributed by atoms with Crippen molar-refractivity contribution in [2.24, 2.45) is 0 Å². The highest BCUT2D eigenvalue weighted by atomic mass is 16.6. The lowest BCUT2D eigenvalue weighted by atomic mass is 10.1. The standard InChI is InChI=1S/C27H38N2O3/c1-2-3-4-5-6-7-8-9-10-11-15-22-28-26(30)23-18-20-24(21-19-23)29-27(31)32-25-16-13-12-14-17-25/h12-14,16-21H,2-11,15,22H2,1H3,(H,28,30)(H,29,31). The normalized spacial score (nSPS) is 10.5. The molecule has 0 heterocycles. The van der Waals surface area contributed by atoms with E-state index in [0.717, 1.165) is 12.8 Å². The van der Waals surface area contributed by atoms with Crippen molar-refractivity contribution in [1.29, 1.82) is 0 Å². The van der Waals surface area contributed by atoms with E-state index < -0.39 is 6.09 Å². The van der Waals surface area contributed by atoms with Gasteiger partial charge in [0.25, 0.3) is 5.91 Å². The molecule has 0 aliphatic heterocycles. The molecule has 5 heteroatoms. The summed E-state index contributed by atoms with van der Waals surface area (Å²) < 4.78 is 5.19. The summed E-state index contributed by atoms with van der Waals surface area (Å²) in [4.78, 5) is 24.2. The van der Waals surface area contributed by atoms with E-state index in [-0.39, 0.29) is 5.91 Å². The van der Waals surface area contributed by atoms with Gasteiger partial charge in [-0.15, -0.1) is 0 Å². The number of benzene rings is 2. The predicted molar refractivity (Wildman–Crippen MR) is 131 cm³/mol. The molecule has 0 spiro atoms. The fourth-order valence-electron chi connectivity index (χ4n) is 3.54. The predicted octanol–water partition coefficient (Wildman–Crippen LogP) is 7.34. The van der Waals surface area contributed by atoms with Gasteiger partial charge in [-0.25, -0.2) is 4.79 Å². The summed E-state index contributed by atoms with van der Waals surface area (Å²) in [5, 5.41) is 5.63. The van der Waals surface area contributed by atoms with Crippen LogP contribution in [0.5, 0.6) is 5.75 Å². The Morgan fingerprint density at radius 2 is 1.28 bits per heavy atom. The number of amides is 2. The minimum absolute atomic E-state index is 0.0875. The highest BCUT2D eigenvalue weighted by Gasteiger charge is 2.07. The second kappa shape index (κ2) is 15.9. The molecule has 2 aromatic carbocycles. The van der Waals surface area contributed by atoms with Crippen molar-refractivity contribution in [3.05, 3.63) is 60.2 Å². The molecular formula is C27H38N2O3. The summed E-state index contributed by atoms with van der Waals surface area (Å²) in [5.74, 6) is 0.388. The Bertz CT molecular complexity index is 775. The topological polar surface area (TPSA) is 67.4 Å². The zero-order valence-electron chi connectivity index (χ0n) is 19.4. The molecule has 0 bridgehead atoms. The van der Waals surface area contributed by atoms with E-state index in [2.05, 4.69) is 17.6 Å². The van der Waals surface area contributed by atoms with Crippen LogP contribution >= 0.6 is 0 Å². The molecule has 0 radical (unpaired) electrons. The van der Waals surface area contributed by atoms with E-state index in [0.29, 0.717) is 23.5 Å². The van der Waals surface area contributed by atoms with Gasteiger partial charge in [0.15, 0.2) is 0 Å². The molecule has 5 nitrogen and oxygen atoms in total. The molecular weight excluding hydrogens is 400 g/mol. The number of ether oxygens (including phenoxy) is 1. The molecule has 2 amide bonds. The molecule has 0 saturated carbocycles. The number of hydrogen-bond acceptors (Lipinski definition) is 3. The number of carbonyl (C=O) groups is 2. The van der Waals surface area contributed by atoms with Gasteiger partial charge in [-0.05, 0) is 42.8 Å². The number of rotatable bonds is 15. The average Bonchev–Trinajstić information content (AvgIpc) is 2.80. The number of carbonyl (C=O) groups excluding carboxylic acids is 2. The maximum atomic E-state index is 12.3. The van der Waals surface area contributed by atoms with Gasteiger partial charge < -0.3 is 10.1 Å². The molecule has 32 heavy (non-hydrogen) atoms. The second-order valence-corrected chi connectivity index (χ2v) is 8.20. The van der Waals surface area contributed by atoms with Crippen LogP contribution in [0.3, 0.4) is 0 Å². The summed E-state index contributed by atoms with van der Waals surface area (Å²) in [6.45, 7) is 2.95. The van der Waals surface area contributed by atoms with Gasteiger partial charge in [-0.1, -0.05) is 89.3 Å². The van der Waals surface area contributed by atoms with Crippen LogP contribution in [0.2, 0.25) is 0 Å². The van der Waals surface area contributed by atoms with Crippen LogP contribution in [-0.2, 0) is 0 Å². The molecule has 0 unspecified atom stereocenters. The highest BCUT2D eigenvalue weighted by Crippen LogP contribution is 2.13. The van der Waals surface area contributed by atoms with Gasteiger partial charge in [0.1, 0.15) is 5.75 Å². The van der Waals surface area contributed by atoms with E-state index in [1.807, 2.05) is 6.07 Å². The van der Waals surface area contributed by atoms with Crippen LogP contribution in [0.4, 0.5) is 10.5 Å². The molecule has 0 aliphatic rings. The maximum Gasteiger partial charge on any atom is 0.417 e. The van der Waals surface area contributed by atoms with Crippen molar-refractivity contribution in [3.8, 4) is 5.75 Å². The molecule has 2 aromatic rings. The Balaban J connectivity index is 1.53. The molecule has 2 N–H and O–H groups in total. The van der Waals surface area contributed by atoms with Crippen molar-refractivity contribution >= 4 is 17.7 Å². The van der Waals surface area contributed by atoms with Gasteiger partial charge in [0.2, 0.25) is 0 Å². The van der Waals surface area contributed by atoms with Crippen LogP contribution in [0.15, 0.2) is 54.6 Å². The number of nitrogens with one attached hydrogen (secondary N) is 2. The molecule has 0 aliphatic carbocycles. The Kier molecular flexibility index (Phi) is 12.6. The average molecular weight is 439 g/mol. The third kappa shape index (κ3) is 11.0. The Hall–Kier alpha value is -2.82. The molecule has 0 saturated heterocycles. The summed E-state index contributed by atoms with van der Waals surface area (Å²) in [5.41, 5.74) is 1.16. The van der Waals surface area contributed by atoms with Gasteiger partial charge >= 0.3 is 6.09 Å². The van der Waals surface area contributed by atoms with Gasteiger partial charge in [-0.2, -0.15) is 0 Å². The van der Waals surface area contributed by atoms with E-state index >= 15 is 0 Å². The first-order valence-electron chi connectivity index (χ1n) is 12.1. The van der Waals surface area contributed by atoms with Crippen LogP contribution in [0, 0.1) is 0 Å². The van der Waals surface area contributed by atoms with E-state index in [1.54, 1.807) is 48.5 Å². The summed E-state index contributed by atoms with van der Waals surface area (Å²) in [6, 6.07) is 15.7. The fraction of sp³-hybridized carbons (Fsp3) is 0.481. The first kappa shape index (κ1) is 25.4. The van der Waals surface area contributed by atoms with Crippen molar-refractivity contribution in [2.75, 3.05) is 11.9 Å². The largest absolute Gasteiger partial charge is 0.417 e. The van der Waals surface area contributed by atoms with E-state index in [1.165, 1.54) is 57.8 Å². The first-order valence-corrected chi connectivity index (χ1v) is 12.1. The van der Waals surface area contributed by atoms with Crippen molar-refractivity contribution in [3.63, 3.8) is 0 Å². The van der Waals surface area contributed by atoms with Crippen LogP contribution in [0.1, 0.15) is 87.9 Å². The molecule has 0 atom stereocenters. The highest BCUT2D eigenvalue weighted by molar-refractivity contribution is 5.95. The lowest BCUT2D eigenvalue weighted by Crippen LogP contribution is -2.24. The zero-order chi connectivity index (χ0) is 22.9.